The Labute approximate surface area is 195 Å². The molecule has 0 aromatic rings. The smallest absolute Gasteiger partial charge is 0.302 e. The molecule has 4 rings (SSSR count). The van der Waals surface area contributed by atoms with Crippen LogP contribution in [0, 0.1) is 46.3 Å². The van der Waals surface area contributed by atoms with Crippen molar-refractivity contribution < 1.29 is 19.1 Å². The fourth-order valence-electron chi connectivity index (χ4n) is 9.55. The normalized spacial score (nSPS) is 46.4. The van der Waals surface area contributed by atoms with Gasteiger partial charge in [-0.15, -0.1) is 0 Å². The first kappa shape index (κ1) is 24.1. The summed E-state index contributed by atoms with van der Waals surface area (Å²) in [7, 11) is 0. The molecule has 32 heavy (non-hydrogen) atoms. The van der Waals surface area contributed by atoms with E-state index in [1.165, 1.54) is 45.4 Å². The third kappa shape index (κ3) is 4.02. The average molecular weight is 447 g/mol. The van der Waals surface area contributed by atoms with Gasteiger partial charge in [-0.1, -0.05) is 40.5 Å². The number of fused-ring (bicyclic) bond motifs is 5. The fraction of sp³-hybridized carbons (Fsp3) is 0.929. The Balaban J connectivity index is 1.61. The largest absolute Gasteiger partial charge is 0.463 e. The lowest BCUT2D eigenvalue weighted by Gasteiger charge is -2.62. The average Bonchev–Trinajstić information content (AvgIpc) is 3.06. The summed E-state index contributed by atoms with van der Waals surface area (Å²) in [6, 6.07) is 0. The Morgan fingerprint density at radius 3 is 2.19 bits per heavy atom. The molecule has 0 N–H and O–H groups in total. The van der Waals surface area contributed by atoms with E-state index in [1.807, 2.05) is 0 Å². The quantitative estimate of drug-likeness (QED) is 0.449. The maximum absolute atomic E-state index is 12.1. The van der Waals surface area contributed by atoms with Crippen LogP contribution in [0.5, 0.6) is 0 Å². The minimum atomic E-state index is -0.192. The van der Waals surface area contributed by atoms with E-state index in [0.717, 1.165) is 43.4 Å². The lowest BCUT2D eigenvalue weighted by Crippen LogP contribution is -2.59. The van der Waals surface area contributed by atoms with Gasteiger partial charge in [-0.3, -0.25) is 9.59 Å². The van der Waals surface area contributed by atoms with Gasteiger partial charge in [0, 0.05) is 19.8 Å². The molecule has 182 valence electrons. The fourth-order valence-corrected chi connectivity index (χ4v) is 9.55. The lowest BCUT2D eigenvalue weighted by molar-refractivity contribution is -0.197. The summed E-state index contributed by atoms with van der Waals surface area (Å²) in [5.74, 6) is 3.71. The number of rotatable bonds is 5. The van der Waals surface area contributed by atoms with Gasteiger partial charge < -0.3 is 9.47 Å². The zero-order valence-corrected chi connectivity index (χ0v) is 21.3. The molecule has 4 nitrogen and oxygen atoms in total. The van der Waals surface area contributed by atoms with Crippen LogP contribution in [0.15, 0.2) is 0 Å². The second-order valence-electron chi connectivity index (χ2n) is 12.4. The van der Waals surface area contributed by atoms with Gasteiger partial charge in [0.15, 0.2) is 0 Å². The Bertz CT molecular complexity index is 718. The highest BCUT2D eigenvalue weighted by atomic mass is 16.5. The summed E-state index contributed by atoms with van der Waals surface area (Å²) in [5.41, 5.74) is 0.614. The number of ether oxygens (including phenoxy) is 2. The molecule has 0 spiro atoms. The molecule has 4 fully saturated rings. The molecule has 1 unspecified atom stereocenters. The van der Waals surface area contributed by atoms with Crippen LogP contribution in [-0.4, -0.2) is 24.1 Å². The Morgan fingerprint density at radius 2 is 1.53 bits per heavy atom. The highest BCUT2D eigenvalue weighted by Crippen LogP contribution is 2.68. The summed E-state index contributed by atoms with van der Waals surface area (Å²) in [5, 5.41) is 0. The number of esters is 2. The molecule has 0 bridgehead atoms. The van der Waals surface area contributed by atoms with Crippen molar-refractivity contribution >= 4 is 11.9 Å². The van der Waals surface area contributed by atoms with Crippen molar-refractivity contribution in [1.29, 1.82) is 0 Å². The first-order valence-corrected chi connectivity index (χ1v) is 13.4. The molecular formula is C28H46O4. The van der Waals surface area contributed by atoms with Crippen molar-refractivity contribution in [1.82, 2.24) is 0 Å². The van der Waals surface area contributed by atoms with Gasteiger partial charge in [0.05, 0.1) is 0 Å². The monoisotopic (exact) mass is 446 g/mol. The van der Waals surface area contributed by atoms with Crippen molar-refractivity contribution in [2.24, 2.45) is 46.3 Å². The van der Waals surface area contributed by atoms with Gasteiger partial charge in [-0.2, -0.15) is 0 Å². The molecule has 4 saturated carbocycles. The Hall–Kier alpha value is -1.06. The summed E-state index contributed by atoms with van der Waals surface area (Å²) in [4.78, 5) is 23.7. The summed E-state index contributed by atoms with van der Waals surface area (Å²) in [6.45, 7) is 12.9. The van der Waals surface area contributed by atoms with Crippen LogP contribution in [-0.2, 0) is 19.1 Å². The minimum absolute atomic E-state index is 0.0280. The third-order valence-electron chi connectivity index (χ3n) is 10.8. The number of hydrogen-bond donors (Lipinski definition) is 0. The maximum Gasteiger partial charge on any atom is 0.302 e. The van der Waals surface area contributed by atoms with Crippen molar-refractivity contribution in [3.05, 3.63) is 0 Å². The number of hydrogen-bond acceptors (Lipinski definition) is 4. The van der Waals surface area contributed by atoms with Crippen LogP contribution < -0.4 is 0 Å². The molecular weight excluding hydrogens is 400 g/mol. The van der Waals surface area contributed by atoms with Crippen LogP contribution in [0.2, 0.25) is 0 Å². The molecule has 0 radical (unpaired) electrons. The molecule has 0 aromatic heterocycles. The van der Waals surface area contributed by atoms with Gasteiger partial charge >= 0.3 is 11.9 Å². The van der Waals surface area contributed by atoms with E-state index in [1.54, 1.807) is 6.92 Å². The van der Waals surface area contributed by atoms with Crippen LogP contribution >= 0.6 is 0 Å². The van der Waals surface area contributed by atoms with E-state index >= 15 is 0 Å². The van der Waals surface area contributed by atoms with Gasteiger partial charge in [-0.25, -0.2) is 0 Å². The highest BCUT2D eigenvalue weighted by Gasteiger charge is 2.63. The number of carbonyl (C=O) groups is 2. The summed E-state index contributed by atoms with van der Waals surface area (Å²) < 4.78 is 11.7. The maximum atomic E-state index is 12.1. The highest BCUT2D eigenvalue weighted by molar-refractivity contribution is 5.66. The predicted molar refractivity (Wildman–Crippen MR) is 126 cm³/mol. The second kappa shape index (κ2) is 8.95. The Morgan fingerprint density at radius 1 is 0.875 bits per heavy atom. The van der Waals surface area contributed by atoms with Gasteiger partial charge in [0.25, 0.3) is 0 Å². The molecule has 4 aliphatic carbocycles. The third-order valence-corrected chi connectivity index (χ3v) is 10.8. The van der Waals surface area contributed by atoms with Crippen molar-refractivity contribution in [3.63, 3.8) is 0 Å². The van der Waals surface area contributed by atoms with Crippen LogP contribution in [0.3, 0.4) is 0 Å². The molecule has 4 aliphatic rings. The first-order valence-electron chi connectivity index (χ1n) is 13.4. The standard InChI is InChI=1S/C28H46O4/c1-7-8-17(2)22-9-10-23-21-16-26(32-19(4)30)25-15-20(31-18(3)29)11-13-28(25,6)24(21)12-14-27(22,23)5/h17,20-26H,7-16H2,1-6H3/t17-,20+,21+,22-,23+,24+,25?,26+,27-,28-/m1/s1. The molecule has 0 aromatic carbocycles. The first-order chi connectivity index (χ1) is 15.1. The van der Waals surface area contributed by atoms with Gasteiger partial charge in [-0.05, 0) is 91.8 Å². The van der Waals surface area contributed by atoms with Crippen LogP contribution in [0.25, 0.3) is 0 Å². The minimum Gasteiger partial charge on any atom is -0.463 e. The molecule has 0 heterocycles. The van der Waals surface area contributed by atoms with E-state index in [9.17, 15) is 9.59 Å². The Kier molecular flexibility index (Phi) is 6.73. The molecule has 10 atom stereocenters. The van der Waals surface area contributed by atoms with Crippen LogP contribution in [0.1, 0.15) is 106 Å². The predicted octanol–water partition coefficient (Wildman–Crippen LogP) is 6.55. The van der Waals surface area contributed by atoms with Crippen molar-refractivity contribution in [3.8, 4) is 0 Å². The van der Waals surface area contributed by atoms with Crippen molar-refractivity contribution in [2.75, 3.05) is 0 Å². The number of carbonyl (C=O) groups excluding carboxylic acids is 2. The SMILES string of the molecule is CCC[C@@H](C)[C@H]1CC[C@H]2[C@@H]3C[C@H](OC(C)=O)C4C[C@@H](OC(C)=O)CC[C@]4(C)[C@H]3CC[C@]12C. The molecule has 0 saturated heterocycles. The topological polar surface area (TPSA) is 52.6 Å². The van der Waals surface area contributed by atoms with Gasteiger partial charge in [0.1, 0.15) is 12.2 Å². The van der Waals surface area contributed by atoms with Gasteiger partial charge in [0.2, 0.25) is 0 Å². The zero-order valence-electron chi connectivity index (χ0n) is 21.3. The van der Waals surface area contributed by atoms with Crippen LogP contribution in [0.4, 0.5) is 0 Å². The summed E-state index contributed by atoms with van der Waals surface area (Å²) in [6.07, 6.45) is 11.8. The van der Waals surface area contributed by atoms with E-state index in [2.05, 4.69) is 27.7 Å². The molecule has 0 aliphatic heterocycles. The van der Waals surface area contributed by atoms with E-state index in [0.29, 0.717) is 23.2 Å². The second-order valence-corrected chi connectivity index (χ2v) is 12.4. The zero-order chi connectivity index (χ0) is 23.3. The van der Waals surface area contributed by atoms with E-state index < -0.39 is 0 Å². The molecule has 0 amide bonds. The van der Waals surface area contributed by atoms with E-state index in [4.69, 9.17) is 9.47 Å². The van der Waals surface area contributed by atoms with Crippen molar-refractivity contribution in [2.45, 2.75) is 118 Å². The summed E-state index contributed by atoms with van der Waals surface area (Å²) >= 11 is 0. The lowest BCUT2D eigenvalue weighted by atomic mass is 9.43. The molecule has 4 heteroatoms. The van der Waals surface area contributed by atoms with E-state index in [-0.39, 0.29) is 29.6 Å².